The second-order valence-electron chi connectivity index (χ2n) is 6.27. The Labute approximate surface area is 133 Å². The summed E-state index contributed by atoms with van der Waals surface area (Å²) in [5.41, 5.74) is -0.456. The lowest BCUT2D eigenvalue weighted by molar-refractivity contribution is 0.0262. The van der Waals surface area contributed by atoms with Crippen molar-refractivity contribution >= 4 is 6.09 Å². The van der Waals surface area contributed by atoms with E-state index >= 15 is 0 Å². The Hall–Kier alpha value is -1.56. The smallest absolute Gasteiger partial charge is 0.410 e. The predicted molar refractivity (Wildman–Crippen MR) is 87.7 cm³/mol. The Bertz CT molecular complexity index is 451. The van der Waals surface area contributed by atoms with Gasteiger partial charge >= 0.3 is 6.09 Å². The topological polar surface area (TPSA) is 59.4 Å². The van der Waals surface area contributed by atoms with Crippen molar-refractivity contribution in [1.29, 1.82) is 0 Å². The molecule has 0 bridgehead atoms. The van der Waals surface area contributed by atoms with Crippen LogP contribution in [-0.2, 0) is 17.8 Å². The van der Waals surface area contributed by atoms with Gasteiger partial charge in [-0.15, -0.1) is 0 Å². The highest BCUT2D eigenvalue weighted by molar-refractivity contribution is 5.68. The number of nitrogens with zero attached hydrogens (tertiary/aromatic N) is 3. The molecule has 6 nitrogen and oxygen atoms in total. The second-order valence-corrected chi connectivity index (χ2v) is 6.27. The van der Waals surface area contributed by atoms with Crippen LogP contribution in [0.4, 0.5) is 4.79 Å². The zero-order chi connectivity index (χ0) is 16.6. The van der Waals surface area contributed by atoms with Crippen LogP contribution < -0.4 is 5.32 Å². The maximum Gasteiger partial charge on any atom is 0.410 e. The minimum absolute atomic E-state index is 0.260. The van der Waals surface area contributed by atoms with E-state index in [0.717, 1.165) is 18.8 Å². The third-order valence-electron chi connectivity index (χ3n) is 3.14. The van der Waals surface area contributed by atoms with Gasteiger partial charge in [-0.05, 0) is 34.1 Å². The number of carbonyl (C=O) groups is 1. The van der Waals surface area contributed by atoms with E-state index < -0.39 is 5.60 Å². The third-order valence-corrected chi connectivity index (χ3v) is 3.14. The molecule has 0 spiro atoms. The van der Waals surface area contributed by atoms with Gasteiger partial charge in [-0.25, -0.2) is 9.78 Å². The van der Waals surface area contributed by atoms with Crippen molar-refractivity contribution in [3.05, 3.63) is 18.2 Å². The van der Waals surface area contributed by atoms with E-state index in [1.807, 2.05) is 40.1 Å². The van der Waals surface area contributed by atoms with Crippen molar-refractivity contribution < 1.29 is 9.53 Å². The first kappa shape index (κ1) is 18.5. The van der Waals surface area contributed by atoms with Crippen LogP contribution in [0.5, 0.6) is 0 Å². The van der Waals surface area contributed by atoms with Crippen LogP contribution in [0.1, 0.15) is 46.9 Å². The van der Waals surface area contributed by atoms with Crippen LogP contribution in [0.3, 0.4) is 0 Å². The molecule has 1 aromatic heterocycles. The summed E-state index contributed by atoms with van der Waals surface area (Å²) in [7, 11) is 0. The number of likely N-dealkylation sites (N-methyl/N-ethyl adjacent to an activating group) is 1. The molecule has 0 radical (unpaired) electrons. The molecule has 1 aromatic rings. The fourth-order valence-electron chi connectivity index (χ4n) is 2.07. The molecular weight excluding hydrogens is 280 g/mol. The largest absolute Gasteiger partial charge is 0.444 e. The molecule has 0 saturated carbocycles. The Kier molecular flexibility index (Phi) is 7.38. The van der Waals surface area contributed by atoms with Gasteiger partial charge in [0.25, 0.3) is 0 Å². The second kappa shape index (κ2) is 8.78. The molecule has 0 saturated heterocycles. The van der Waals surface area contributed by atoms with Crippen LogP contribution in [0.2, 0.25) is 0 Å². The highest BCUT2D eigenvalue weighted by atomic mass is 16.6. The Morgan fingerprint density at radius 2 is 2.14 bits per heavy atom. The van der Waals surface area contributed by atoms with E-state index in [1.54, 1.807) is 4.90 Å². The van der Waals surface area contributed by atoms with Gasteiger partial charge in [0, 0.05) is 38.6 Å². The normalized spacial score (nSPS) is 11.5. The number of imidazole rings is 1. The van der Waals surface area contributed by atoms with E-state index in [4.69, 9.17) is 4.74 Å². The van der Waals surface area contributed by atoms with Gasteiger partial charge in [-0.2, -0.15) is 0 Å². The highest BCUT2D eigenvalue weighted by Crippen LogP contribution is 2.09. The predicted octanol–water partition coefficient (Wildman–Crippen LogP) is 2.64. The SMILES string of the molecule is CCCn1ccnc1CNCCN(CC)C(=O)OC(C)(C)C. The maximum atomic E-state index is 12.0. The molecule has 1 rings (SSSR count). The van der Waals surface area contributed by atoms with E-state index in [1.165, 1.54) is 0 Å². The molecular formula is C16H30N4O2. The summed E-state index contributed by atoms with van der Waals surface area (Å²) in [5.74, 6) is 1.03. The van der Waals surface area contributed by atoms with Gasteiger partial charge in [0.15, 0.2) is 0 Å². The number of hydrogen-bond acceptors (Lipinski definition) is 4. The number of ether oxygens (including phenoxy) is 1. The van der Waals surface area contributed by atoms with Crippen LogP contribution in [0, 0.1) is 0 Å². The molecule has 1 N–H and O–H groups in total. The fraction of sp³-hybridized carbons (Fsp3) is 0.750. The fourth-order valence-corrected chi connectivity index (χ4v) is 2.07. The monoisotopic (exact) mass is 310 g/mol. The molecule has 0 fully saturated rings. The van der Waals surface area contributed by atoms with Gasteiger partial charge in [0.05, 0.1) is 6.54 Å². The number of nitrogens with one attached hydrogen (secondary N) is 1. The van der Waals surface area contributed by atoms with Gasteiger partial charge in [0.1, 0.15) is 11.4 Å². The summed E-state index contributed by atoms with van der Waals surface area (Å²) in [5, 5.41) is 3.34. The molecule has 0 aliphatic heterocycles. The number of hydrogen-bond donors (Lipinski definition) is 1. The zero-order valence-electron chi connectivity index (χ0n) is 14.6. The van der Waals surface area contributed by atoms with Crippen LogP contribution in [-0.4, -0.2) is 45.8 Å². The van der Waals surface area contributed by atoms with Crippen LogP contribution >= 0.6 is 0 Å². The van der Waals surface area contributed by atoms with Crippen molar-refractivity contribution in [2.24, 2.45) is 0 Å². The first-order chi connectivity index (χ1) is 10.4. The molecule has 126 valence electrons. The standard InChI is InChI=1S/C16H30N4O2/c1-6-10-20-12-9-18-14(20)13-17-8-11-19(7-2)15(21)22-16(3,4)5/h9,12,17H,6-8,10-11,13H2,1-5H3. The quantitative estimate of drug-likeness (QED) is 0.750. The summed E-state index contributed by atoms with van der Waals surface area (Å²) in [6.07, 6.45) is 4.65. The zero-order valence-corrected chi connectivity index (χ0v) is 14.6. The average molecular weight is 310 g/mol. The molecule has 1 heterocycles. The van der Waals surface area contributed by atoms with Crippen LogP contribution in [0.15, 0.2) is 12.4 Å². The number of amides is 1. The van der Waals surface area contributed by atoms with E-state index in [2.05, 4.69) is 21.8 Å². The number of rotatable bonds is 8. The summed E-state index contributed by atoms with van der Waals surface area (Å²) < 4.78 is 7.54. The highest BCUT2D eigenvalue weighted by Gasteiger charge is 2.20. The first-order valence-corrected chi connectivity index (χ1v) is 8.06. The van der Waals surface area contributed by atoms with Crippen molar-refractivity contribution in [2.45, 2.75) is 59.7 Å². The van der Waals surface area contributed by atoms with Crippen molar-refractivity contribution in [2.75, 3.05) is 19.6 Å². The van der Waals surface area contributed by atoms with Gasteiger partial charge in [-0.1, -0.05) is 6.92 Å². The third kappa shape index (κ3) is 6.47. The Morgan fingerprint density at radius 1 is 1.41 bits per heavy atom. The lowest BCUT2D eigenvalue weighted by Gasteiger charge is -2.26. The maximum absolute atomic E-state index is 12.0. The molecule has 6 heteroatoms. The van der Waals surface area contributed by atoms with Crippen molar-refractivity contribution in [3.8, 4) is 0 Å². The minimum atomic E-state index is -0.456. The molecule has 0 aromatic carbocycles. The van der Waals surface area contributed by atoms with Gasteiger partial charge < -0.3 is 19.5 Å². The Balaban J connectivity index is 2.35. The minimum Gasteiger partial charge on any atom is -0.444 e. The lowest BCUT2D eigenvalue weighted by Crippen LogP contribution is -2.40. The summed E-state index contributed by atoms with van der Waals surface area (Å²) in [6.45, 7) is 13.4. The van der Waals surface area contributed by atoms with Crippen LogP contribution in [0.25, 0.3) is 0 Å². The Morgan fingerprint density at radius 3 is 2.73 bits per heavy atom. The van der Waals surface area contributed by atoms with E-state index in [-0.39, 0.29) is 6.09 Å². The lowest BCUT2D eigenvalue weighted by atomic mass is 10.2. The summed E-state index contributed by atoms with van der Waals surface area (Å²) in [4.78, 5) is 18.1. The summed E-state index contributed by atoms with van der Waals surface area (Å²) >= 11 is 0. The van der Waals surface area contributed by atoms with Gasteiger partial charge in [-0.3, -0.25) is 0 Å². The number of aromatic nitrogens is 2. The van der Waals surface area contributed by atoms with E-state index in [9.17, 15) is 4.79 Å². The summed E-state index contributed by atoms with van der Waals surface area (Å²) in [6, 6.07) is 0. The first-order valence-electron chi connectivity index (χ1n) is 8.06. The molecule has 0 atom stereocenters. The van der Waals surface area contributed by atoms with Crippen molar-refractivity contribution in [1.82, 2.24) is 19.8 Å². The molecule has 1 amide bonds. The molecule has 0 aliphatic rings. The number of carbonyl (C=O) groups excluding carboxylic acids is 1. The van der Waals surface area contributed by atoms with E-state index in [0.29, 0.717) is 26.2 Å². The molecule has 0 aliphatic carbocycles. The van der Waals surface area contributed by atoms with Crippen molar-refractivity contribution in [3.63, 3.8) is 0 Å². The number of aryl methyl sites for hydroxylation is 1. The van der Waals surface area contributed by atoms with Gasteiger partial charge in [0.2, 0.25) is 0 Å². The average Bonchev–Trinajstić information content (AvgIpc) is 2.84. The molecule has 0 unspecified atom stereocenters. The molecule has 22 heavy (non-hydrogen) atoms.